The molecule has 6 nitrogen and oxygen atoms in total. The lowest BCUT2D eigenvalue weighted by Gasteiger charge is -2.15. The van der Waals surface area contributed by atoms with Crippen LogP contribution in [0.2, 0.25) is 0 Å². The normalized spacial score (nSPS) is 12.5. The van der Waals surface area contributed by atoms with Crippen LogP contribution in [0.25, 0.3) is 0 Å². The van der Waals surface area contributed by atoms with E-state index in [4.69, 9.17) is 0 Å². The van der Waals surface area contributed by atoms with Gasteiger partial charge in [-0.05, 0) is 5.56 Å². The maximum absolute atomic E-state index is 12.1. The number of hydrogen-bond acceptors (Lipinski definition) is 5. The molecule has 1 aromatic carbocycles. The first kappa shape index (κ1) is 16.2. The Bertz CT molecular complexity index is 568. The van der Waals surface area contributed by atoms with Crippen LogP contribution in [0.3, 0.4) is 0 Å². The number of benzene rings is 1. The molecule has 0 aromatic heterocycles. The molecule has 0 radical (unpaired) electrons. The smallest absolute Gasteiger partial charge is 0.329 e. The number of esters is 1. The third-order valence-corrected chi connectivity index (χ3v) is 4.13. The molecule has 0 aliphatic heterocycles. The van der Waals surface area contributed by atoms with Gasteiger partial charge in [-0.25, -0.2) is 13.2 Å². The van der Waals surface area contributed by atoms with Crippen LogP contribution in [0.1, 0.15) is 12.5 Å². The van der Waals surface area contributed by atoms with Crippen LogP contribution < -0.4 is 5.32 Å². The maximum Gasteiger partial charge on any atom is 0.329 e. The van der Waals surface area contributed by atoms with Crippen LogP contribution in [0, 0.1) is 0 Å². The summed E-state index contributed by atoms with van der Waals surface area (Å²) in [6, 6.07) is 7.43. The Balaban J connectivity index is 2.80. The number of nitrogens with one attached hydrogen (secondary N) is 1. The van der Waals surface area contributed by atoms with Gasteiger partial charge in [-0.1, -0.05) is 30.3 Å². The predicted octanol–water partition coefficient (Wildman–Crippen LogP) is 0.279. The highest BCUT2D eigenvalue weighted by Gasteiger charge is 2.27. The molecule has 0 saturated heterocycles. The Morgan fingerprint density at radius 2 is 1.85 bits per heavy atom. The number of carbonyl (C=O) groups excluding carboxylic acids is 2. The van der Waals surface area contributed by atoms with Crippen molar-refractivity contribution in [1.82, 2.24) is 5.32 Å². The van der Waals surface area contributed by atoms with Crippen molar-refractivity contribution < 1.29 is 22.7 Å². The van der Waals surface area contributed by atoms with E-state index in [0.717, 1.165) is 7.11 Å². The summed E-state index contributed by atoms with van der Waals surface area (Å²) in [6.45, 7) is 1.21. The summed E-state index contributed by atoms with van der Waals surface area (Å²) in [5.41, 5.74) is 0.624. The fourth-order valence-corrected chi connectivity index (χ4v) is 3.24. The average molecular weight is 299 g/mol. The van der Waals surface area contributed by atoms with Crippen molar-refractivity contribution in [3.05, 3.63) is 35.9 Å². The number of methoxy groups -OCH3 is 1. The zero-order valence-corrected chi connectivity index (χ0v) is 12.1. The number of carbonyl (C=O) groups is 2. The Morgan fingerprint density at radius 3 is 2.35 bits per heavy atom. The molecule has 0 heterocycles. The van der Waals surface area contributed by atoms with Crippen LogP contribution in [0.5, 0.6) is 0 Å². The van der Waals surface area contributed by atoms with Crippen LogP contribution in [-0.2, 0) is 29.9 Å². The molecule has 0 saturated carbocycles. The van der Waals surface area contributed by atoms with E-state index in [-0.39, 0.29) is 5.75 Å². The van der Waals surface area contributed by atoms with Crippen molar-refractivity contribution in [3.8, 4) is 0 Å². The van der Waals surface area contributed by atoms with E-state index in [1.165, 1.54) is 6.92 Å². The van der Waals surface area contributed by atoms with E-state index < -0.39 is 33.5 Å². The van der Waals surface area contributed by atoms with Gasteiger partial charge < -0.3 is 10.1 Å². The lowest BCUT2D eigenvalue weighted by molar-refractivity contribution is -0.144. The summed E-state index contributed by atoms with van der Waals surface area (Å²) in [5, 5.41) is 2.28. The van der Waals surface area contributed by atoms with Crippen LogP contribution >= 0.6 is 0 Å². The molecule has 0 aliphatic carbocycles. The maximum atomic E-state index is 12.1. The molecule has 1 atom stereocenters. The predicted molar refractivity (Wildman–Crippen MR) is 73.6 cm³/mol. The van der Waals surface area contributed by atoms with Gasteiger partial charge >= 0.3 is 5.97 Å². The Labute approximate surface area is 118 Å². The summed E-state index contributed by atoms with van der Waals surface area (Å²) < 4.78 is 28.6. The van der Waals surface area contributed by atoms with Crippen LogP contribution in [-0.4, -0.2) is 39.2 Å². The lowest BCUT2D eigenvalue weighted by Crippen LogP contribution is -2.45. The first-order chi connectivity index (χ1) is 9.34. The molecular weight excluding hydrogens is 282 g/mol. The number of ether oxygens (including phenoxy) is 1. The summed E-state index contributed by atoms with van der Waals surface area (Å²) in [7, 11) is -2.41. The first-order valence-corrected chi connectivity index (χ1v) is 7.75. The lowest BCUT2D eigenvalue weighted by atomic mass is 10.2. The van der Waals surface area contributed by atoms with E-state index in [0.29, 0.717) is 5.56 Å². The Morgan fingerprint density at radius 1 is 1.25 bits per heavy atom. The van der Waals surface area contributed by atoms with Crippen LogP contribution in [0.15, 0.2) is 30.3 Å². The van der Waals surface area contributed by atoms with Crippen LogP contribution in [0.4, 0.5) is 0 Å². The molecule has 0 aliphatic rings. The van der Waals surface area contributed by atoms with Crippen molar-refractivity contribution in [2.45, 2.75) is 18.7 Å². The third kappa shape index (κ3) is 5.40. The molecular formula is C13H17NO5S. The standard InChI is InChI=1S/C13H17NO5S/c1-10(15)14-12(13(16)19-2)9-20(17,18)8-11-6-4-3-5-7-11/h3-7,12H,8-9H2,1-2H3,(H,14,15). The minimum absolute atomic E-state index is 0.194. The molecule has 20 heavy (non-hydrogen) atoms. The summed E-state index contributed by atoms with van der Waals surface area (Å²) >= 11 is 0. The minimum atomic E-state index is -3.55. The second-order valence-electron chi connectivity index (χ2n) is 4.32. The second kappa shape index (κ2) is 7.04. The van der Waals surface area contributed by atoms with Gasteiger partial charge in [-0.15, -0.1) is 0 Å². The van der Waals surface area contributed by atoms with Gasteiger partial charge in [0, 0.05) is 6.92 Å². The molecule has 1 aromatic rings. The summed E-state index contributed by atoms with van der Waals surface area (Å²) in [5.74, 6) is -1.96. The molecule has 1 N–H and O–H groups in total. The SMILES string of the molecule is COC(=O)C(CS(=O)(=O)Cc1ccccc1)NC(C)=O. The van der Waals surface area contributed by atoms with Gasteiger partial charge in [-0.2, -0.15) is 0 Å². The molecule has 1 unspecified atom stereocenters. The zero-order chi connectivity index (χ0) is 15.2. The monoisotopic (exact) mass is 299 g/mol. The van der Waals surface area contributed by atoms with Crippen molar-refractivity contribution in [2.75, 3.05) is 12.9 Å². The number of rotatable bonds is 6. The molecule has 110 valence electrons. The van der Waals surface area contributed by atoms with Gasteiger partial charge in [-0.3, -0.25) is 4.79 Å². The van der Waals surface area contributed by atoms with Crippen molar-refractivity contribution in [1.29, 1.82) is 0 Å². The fourth-order valence-electron chi connectivity index (χ4n) is 1.70. The molecule has 1 amide bonds. The molecule has 1 rings (SSSR count). The van der Waals surface area contributed by atoms with Gasteiger partial charge in [0.25, 0.3) is 0 Å². The number of hydrogen-bond donors (Lipinski definition) is 1. The fraction of sp³-hybridized carbons (Fsp3) is 0.385. The van der Waals surface area contributed by atoms with Gasteiger partial charge in [0.05, 0.1) is 18.6 Å². The molecule has 0 bridgehead atoms. The van der Waals surface area contributed by atoms with Gasteiger partial charge in [0.2, 0.25) is 5.91 Å². The van der Waals surface area contributed by atoms with Crippen molar-refractivity contribution >= 4 is 21.7 Å². The first-order valence-electron chi connectivity index (χ1n) is 5.93. The highest BCUT2D eigenvalue weighted by Crippen LogP contribution is 2.08. The van der Waals surface area contributed by atoms with E-state index in [2.05, 4.69) is 10.1 Å². The van der Waals surface area contributed by atoms with E-state index in [9.17, 15) is 18.0 Å². The largest absolute Gasteiger partial charge is 0.467 e. The Kier molecular flexibility index (Phi) is 5.69. The Hall–Kier alpha value is -1.89. The van der Waals surface area contributed by atoms with Gasteiger partial charge in [0.1, 0.15) is 6.04 Å². The molecule has 7 heteroatoms. The number of amides is 1. The highest BCUT2D eigenvalue weighted by atomic mass is 32.2. The average Bonchev–Trinajstić information content (AvgIpc) is 2.36. The van der Waals surface area contributed by atoms with E-state index >= 15 is 0 Å². The molecule has 0 fully saturated rings. The van der Waals surface area contributed by atoms with E-state index in [1.807, 2.05) is 0 Å². The minimum Gasteiger partial charge on any atom is -0.467 e. The molecule has 0 spiro atoms. The summed E-state index contributed by atoms with van der Waals surface area (Å²) in [4.78, 5) is 22.5. The highest BCUT2D eigenvalue weighted by molar-refractivity contribution is 7.90. The quantitative estimate of drug-likeness (QED) is 0.762. The van der Waals surface area contributed by atoms with Crippen molar-refractivity contribution in [2.24, 2.45) is 0 Å². The second-order valence-corrected chi connectivity index (χ2v) is 6.43. The third-order valence-electron chi connectivity index (χ3n) is 2.51. The zero-order valence-electron chi connectivity index (χ0n) is 11.3. The summed E-state index contributed by atoms with van der Waals surface area (Å²) in [6.07, 6.45) is 0. The van der Waals surface area contributed by atoms with Gasteiger partial charge in [0.15, 0.2) is 9.84 Å². The van der Waals surface area contributed by atoms with E-state index in [1.54, 1.807) is 30.3 Å². The number of sulfone groups is 1. The topological polar surface area (TPSA) is 89.5 Å². The van der Waals surface area contributed by atoms with Crippen molar-refractivity contribution in [3.63, 3.8) is 0 Å².